The fourth-order valence-corrected chi connectivity index (χ4v) is 11.2. The number of unbranched alkanes of at least 4 members (excludes halogenated alkanes) is 55. The number of hydrogen-bond donors (Lipinski definition) is 3. The lowest BCUT2D eigenvalue weighted by molar-refractivity contribution is -0.143. The number of nitrogens with one attached hydrogen (secondary N) is 1. The van der Waals surface area contributed by atoms with E-state index in [9.17, 15) is 19.8 Å². The number of ether oxygens (including phenoxy) is 1. The van der Waals surface area contributed by atoms with Gasteiger partial charge in [0.2, 0.25) is 5.91 Å². The topological polar surface area (TPSA) is 95.9 Å². The molecule has 1 amide bonds. The number of amides is 1. The van der Waals surface area contributed by atoms with Gasteiger partial charge in [-0.05, 0) is 32.1 Å². The third-order valence-electron chi connectivity index (χ3n) is 16.6. The first-order valence-electron chi connectivity index (χ1n) is 35.0. The molecule has 0 aromatic rings. The number of carbonyl (C=O) groups is 2. The van der Waals surface area contributed by atoms with Crippen LogP contribution in [-0.2, 0) is 14.3 Å². The van der Waals surface area contributed by atoms with Crippen LogP contribution in [0.25, 0.3) is 0 Å². The Morgan fingerprint density at radius 2 is 0.605 bits per heavy atom. The lowest BCUT2D eigenvalue weighted by Gasteiger charge is -2.20. The number of aliphatic hydroxyl groups is 2. The van der Waals surface area contributed by atoms with Gasteiger partial charge in [-0.25, -0.2) is 0 Å². The maximum absolute atomic E-state index is 12.5. The number of allylic oxidation sites excluding steroid dienone is 1. The summed E-state index contributed by atoms with van der Waals surface area (Å²) < 4.78 is 5.50. The van der Waals surface area contributed by atoms with Crippen LogP contribution in [0, 0.1) is 0 Å². The summed E-state index contributed by atoms with van der Waals surface area (Å²) in [5.74, 6) is -0.0526. The predicted molar refractivity (Wildman–Crippen MR) is 333 cm³/mol. The van der Waals surface area contributed by atoms with E-state index < -0.39 is 12.1 Å². The van der Waals surface area contributed by atoms with Gasteiger partial charge in [0, 0.05) is 12.8 Å². The van der Waals surface area contributed by atoms with Gasteiger partial charge in [-0.3, -0.25) is 9.59 Å². The van der Waals surface area contributed by atoms with Crippen molar-refractivity contribution in [3.8, 4) is 0 Å². The van der Waals surface area contributed by atoms with Gasteiger partial charge in [0.05, 0.1) is 25.4 Å². The van der Waals surface area contributed by atoms with Gasteiger partial charge in [0.25, 0.3) is 0 Å². The molecule has 0 fully saturated rings. The van der Waals surface area contributed by atoms with Crippen molar-refractivity contribution < 1.29 is 24.5 Å². The standard InChI is InChI=1S/C70H137NO5/c1-3-5-7-9-11-13-15-17-19-21-22-23-24-25-26-28-31-34-38-42-46-50-54-58-62-68(73)67(66-72)71-69(74)63-59-55-51-47-43-39-35-32-29-27-30-33-37-41-45-49-53-57-61-65-76-70(75)64-60-56-52-48-44-40-36-20-18-16-14-12-10-8-6-4-2/h58,62,67-68,72-73H,3-57,59-61,63-66H2,1-2H3,(H,71,74)/b62-58+. The minimum atomic E-state index is -0.847. The lowest BCUT2D eigenvalue weighted by Crippen LogP contribution is -2.45. The zero-order valence-electron chi connectivity index (χ0n) is 51.8. The Hall–Kier alpha value is -1.40. The first kappa shape index (κ1) is 74.6. The van der Waals surface area contributed by atoms with Crippen LogP contribution < -0.4 is 5.32 Å². The van der Waals surface area contributed by atoms with Gasteiger partial charge in [-0.15, -0.1) is 0 Å². The molecule has 452 valence electrons. The van der Waals surface area contributed by atoms with Gasteiger partial charge >= 0.3 is 5.97 Å². The molecule has 0 saturated carbocycles. The number of esters is 1. The molecule has 0 spiro atoms. The summed E-state index contributed by atoms with van der Waals surface area (Å²) in [6.45, 7) is 4.95. The Morgan fingerprint density at radius 3 is 0.895 bits per heavy atom. The molecule has 2 atom stereocenters. The Morgan fingerprint density at radius 1 is 0.355 bits per heavy atom. The van der Waals surface area contributed by atoms with Crippen LogP contribution >= 0.6 is 0 Å². The SMILES string of the molecule is CCCCCCCCCCCCCCCCCCCCCCCC/C=C/C(O)C(CO)NC(=O)CCCCCCCCCCCCCCCCCCCCCOC(=O)CCCCCCCCCCCCCCCCCC. The second-order valence-corrected chi connectivity index (χ2v) is 24.2. The van der Waals surface area contributed by atoms with Crippen LogP contribution in [0.5, 0.6) is 0 Å². The maximum atomic E-state index is 12.5. The minimum Gasteiger partial charge on any atom is -0.466 e. The van der Waals surface area contributed by atoms with Crippen molar-refractivity contribution >= 4 is 11.9 Å². The number of rotatable bonds is 66. The van der Waals surface area contributed by atoms with E-state index in [2.05, 4.69) is 19.2 Å². The molecule has 2 unspecified atom stereocenters. The number of aliphatic hydroxyl groups excluding tert-OH is 2. The van der Waals surface area contributed by atoms with Crippen LogP contribution in [0.3, 0.4) is 0 Å². The van der Waals surface area contributed by atoms with E-state index in [-0.39, 0.29) is 18.5 Å². The molecule has 0 aliphatic heterocycles. The molecular formula is C70H137NO5. The molecule has 0 bridgehead atoms. The molecule has 0 aliphatic rings. The van der Waals surface area contributed by atoms with Crippen molar-refractivity contribution in [2.75, 3.05) is 13.2 Å². The summed E-state index contributed by atoms with van der Waals surface area (Å²) in [4.78, 5) is 24.6. The maximum Gasteiger partial charge on any atom is 0.305 e. The third-order valence-corrected chi connectivity index (χ3v) is 16.6. The highest BCUT2D eigenvalue weighted by molar-refractivity contribution is 5.76. The van der Waals surface area contributed by atoms with Crippen molar-refractivity contribution in [2.45, 2.75) is 411 Å². The van der Waals surface area contributed by atoms with E-state index in [1.807, 2.05) is 6.08 Å². The molecule has 6 nitrogen and oxygen atoms in total. The van der Waals surface area contributed by atoms with Crippen LogP contribution in [0.4, 0.5) is 0 Å². The molecule has 0 aromatic heterocycles. The Kier molecular flexibility index (Phi) is 64.9. The minimum absolute atomic E-state index is 0.0131. The highest BCUT2D eigenvalue weighted by atomic mass is 16.5. The van der Waals surface area contributed by atoms with E-state index in [4.69, 9.17) is 4.74 Å². The van der Waals surface area contributed by atoms with E-state index in [0.29, 0.717) is 19.4 Å². The zero-order valence-corrected chi connectivity index (χ0v) is 51.8. The fourth-order valence-electron chi connectivity index (χ4n) is 11.2. The van der Waals surface area contributed by atoms with Gasteiger partial charge in [0.15, 0.2) is 0 Å². The van der Waals surface area contributed by atoms with Crippen LogP contribution in [0.2, 0.25) is 0 Å². The number of carbonyl (C=O) groups excluding carboxylic acids is 2. The van der Waals surface area contributed by atoms with Crippen LogP contribution in [0.1, 0.15) is 399 Å². The van der Waals surface area contributed by atoms with Crippen molar-refractivity contribution in [1.29, 1.82) is 0 Å². The van der Waals surface area contributed by atoms with Gasteiger partial charge in [-0.1, -0.05) is 366 Å². The predicted octanol–water partition coefficient (Wildman–Crippen LogP) is 22.4. The smallest absolute Gasteiger partial charge is 0.305 e. The normalized spacial score (nSPS) is 12.5. The molecule has 0 saturated heterocycles. The van der Waals surface area contributed by atoms with E-state index in [1.165, 1.54) is 334 Å². The van der Waals surface area contributed by atoms with Crippen molar-refractivity contribution in [1.82, 2.24) is 5.32 Å². The van der Waals surface area contributed by atoms with Gasteiger partial charge in [0.1, 0.15) is 0 Å². The van der Waals surface area contributed by atoms with Crippen LogP contribution in [-0.4, -0.2) is 47.4 Å². The summed E-state index contributed by atoms with van der Waals surface area (Å²) >= 11 is 0. The molecular weight excluding hydrogens is 935 g/mol. The molecule has 0 radical (unpaired) electrons. The molecule has 0 rings (SSSR count). The highest BCUT2D eigenvalue weighted by Crippen LogP contribution is 2.19. The molecule has 0 aliphatic carbocycles. The fraction of sp³-hybridized carbons (Fsp3) is 0.943. The Balaban J connectivity index is 3.41. The first-order valence-corrected chi connectivity index (χ1v) is 35.0. The summed E-state index contributed by atoms with van der Waals surface area (Å²) in [5.41, 5.74) is 0. The molecule has 6 heteroatoms. The summed E-state index contributed by atoms with van der Waals surface area (Å²) in [6, 6.07) is -0.631. The quantitative estimate of drug-likeness (QED) is 0.0320. The van der Waals surface area contributed by atoms with Gasteiger partial charge in [-0.2, -0.15) is 0 Å². The second kappa shape index (κ2) is 66.1. The van der Waals surface area contributed by atoms with Crippen molar-refractivity contribution in [3.05, 3.63) is 12.2 Å². The van der Waals surface area contributed by atoms with E-state index in [1.54, 1.807) is 6.08 Å². The monoisotopic (exact) mass is 1070 g/mol. The summed E-state index contributed by atoms with van der Waals surface area (Å²) in [7, 11) is 0. The van der Waals surface area contributed by atoms with E-state index in [0.717, 1.165) is 38.5 Å². The molecule has 76 heavy (non-hydrogen) atoms. The Labute approximate surface area is 476 Å². The first-order chi connectivity index (χ1) is 37.5. The zero-order chi connectivity index (χ0) is 55.0. The second-order valence-electron chi connectivity index (χ2n) is 24.2. The van der Waals surface area contributed by atoms with Crippen molar-refractivity contribution in [3.63, 3.8) is 0 Å². The van der Waals surface area contributed by atoms with Crippen molar-refractivity contribution in [2.24, 2.45) is 0 Å². The van der Waals surface area contributed by atoms with E-state index >= 15 is 0 Å². The molecule has 0 heterocycles. The highest BCUT2D eigenvalue weighted by Gasteiger charge is 2.18. The average molecular weight is 1070 g/mol. The molecule has 3 N–H and O–H groups in total. The van der Waals surface area contributed by atoms with Crippen LogP contribution in [0.15, 0.2) is 12.2 Å². The third kappa shape index (κ3) is 61.8. The average Bonchev–Trinajstić information content (AvgIpc) is 3.42. The summed E-state index contributed by atoms with van der Waals surface area (Å²) in [5, 5.41) is 23.3. The summed E-state index contributed by atoms with van der Waals surface area (Å²) in [6.07, 6.45) is 81.3. The largest absolute Gasteiger partial charge is 0.466 e. The molecule has 0 aromatic carbocycles. The Bertz CT molecular complexity index is 1140. The lowest BCUT2D eigenvalue weighted by atomic mass is 10.0. The number of hydrogen-bond acceptors (Lipinski definition) is 5. The van der Waals surface area contributed by atoms with Gasteiger partial charge < -0.3 is 20.3 Å².